The molecule has 0 aromatic heterocycles. The second kappa shape index (κ2) is 6.08. The van der Waals surface area contributed by atoms with Crippen molar-refractivity contribution in [3.63, 3.8) is 0 Å². The molecule has 0 fully saturated rings. The fourth-order valence-corrected chi connectivity index (χ4v) is 1.71. The van der Waals surface area contributed by atoms with Crippen LogP contribution in [0.1, 0.15) is 21.5 Å². The van der Waals surface area contributed by atoms with E-state index in [1.165, 1.54) is 7.11 Å². The molecule has 2 aromatic carbocycles. The van der Waals surface area contributed by atoms with E-state index in [1.54, 1.807) is 36.4 Å². The van der Waals surface area contributed by atoms with Gasteiger partial charge in [-0.3, -0.25) is 0 Å². The van der Waals surface area contributed by atoms with Crippen molar-refractivity contribution >= 4 is 17.6 Å². The van der Waals surface area contributed by atoms with Crippen LogP contribution in [0, 0.1) is 11.8 Å². The van der Waals surface area contributed by atoms with E-state index >= 15 is 0 Å². The van der Waals surface area contributed by atoms with E-state index in [4.69, 9.17) is 11.6 Å². The number of hydrogen-bond donors (Lipinski definition) is 0. The van der Waals surface area contributed by atoms with Crippen LogP contribution in [-0.4, -0.2) is 13.1 Å². The first-order valence-corrected chi connectivity index (χ1v) is 6.03. The van der Waals surface area contributed by atoms with Crippen LogP contribution in [0.25, 0.3) is 0 Å². The third kappa shape index (κ3) is 3.61. The molecule has 0 amide bonds. The van der Waals surface area contributed by atoms with Crippen LogP contribution in [0.3, 0.4) is 0 Å². The Morgan fingerprint density at radius 3 is 2.37 bits per heavy atom. The fraction of sp³-hybridized carbons (Fsp3) is 0.0625. The smallest absolute Gasteiger partial charge is 0.337 e. The molecule has 0 radical (unpaired) electrons. The van der Waals surface area contributed by atoms with Crippen LogP contribution in [0.15, 0.2) is 48.5 Å². The van der Waals surface area contributed by atoms with Gasteiger partial charge in [0.25, 0.3) is 0 Å². The summed E-state index contributed by atoms with van der Waals surface area (Å²) in [6.07, 6.45) is 0. The van der Waals surface area contributed by atoms with E-state index in [2.05, 4.69) is 16.6 Å². The predicted molar refractivity (Wildman–Crippen MR) is 75.2 cm³/mol. The first kappa shape index (κ1) is 13.2. The molecule has 0 saturated heterocycles. The number of carbonyl (C=O) groups excluding carboxylic acids is 1. The van der Waals surface area contributed by atoms with Crippen molar-refractivity contribution in [3.05, 3.63) is 70.2 Å². The normalized spacial score (nSPS) is 9.37. The minimum atomic E-state index is -0.352. The highest BCUT2D eigenvalue weighted by atomic mass is 35.5. The molecule has 0 heterocycles. The summed E-state index contributed by atoms with van der Waals surface area (Å²) in [5.74, 6) is 5.67. The Hall–Kier alpha value is -2.24. The molecule has 0 saturated carbocycles. The van der Waals surface area contributed by atoms with Gasteiger partial charge in [-0.25, -0.2) is 4.79 Å². The van der Waals surface area contributed by atoms with Gasteiger partial charge in [-0.1, -0.05) is 29.5 Å². The first-order chi connectivity index (χ1) is 9.19. The Bertz CT molecular complexity index is 648. The molecule has 0 spiro atoms. The fourth-order valence-electron chi connectivity index (χ4n) is 1.52. The Morgan fingerprint density at radius 2 is 1.74 bits per heavy atom. The molecule has 0 unspecified atom stereocenters. The summed E-state index contributed by atoms with van der Waals surface area (Å²) >= 11 is 5.88. The maximum Gasteiger partial charge on any atom is 0.337 e. The number of esters is 1. The minimum absolute atomic E-state index is 0.352. The van der Waals surface area contributed by atoms with Crippen molar-refractivity contribution < 1.29 is 9.53 Å². The maximum atomic E-state index is 11.3. The number of methoxy groups -OCH3 is 1. The lowest BCUT2D eigenvalue weighted by molar-refractivity contribution is 0.0601. The number of carbonyl (C=O) groups is 1. The molecule has 0 aliphatic heterocycles. The SMILES string of the molecule is COC(=O)c1ccc(C#Cc2cccc(Cl)c2)cc1. The molecule has 2 aromatic rings. The third-order valence-electron chi connectivity index (χ3n) is 2.48. The molecule has 2 nitrogen and oxygen atoms in total. The third-order valence-corrected chi connectivity index (χ3v) is 2.72. The molecule has 0 aliphatic rings. The molecule has 3 heteroatoms. The van der Waals surface area contributed by atoms with Gasteiger partial charge >= 0.3 is 5.97 Å². The lowest BCUT2D eigenvalue weighted by Gasteiger charge is -1.98. The predicted octanol–water partition coefficient (Wildman–Crippen LogP) is 3.53. The van der Waals surface area contributed by atoms with Crippen LogP contribution < -0.4 is 0 Å². The Labute approximate surface area is 117 Å². The molecule has 94 valence electrons. The Kier molecular flexibility index (Phi) is 4.22. The van der Waals surface area contributed by atoms with Gasteiger partial charge in [0, 0.05) is 16.1 Å². The molecule has 0 aliphatic carbocycles. The summed E-state index contributed by atoms with van der Waals surface area (Å²) in [5, 5.41) is 0.660. The van der Waals surface area contributed by atoms with E-state index in [-0.39, 0.29) is 5.97 Å². The highest BCUT2D eigenvalue weighted by Crippen LogP contribution is 2.10. The van der Waals surface area contributed by atoms with Crippen molar-refractivity contribution in [2.45, 2.75) is 0 Å². The molecule has 0 N–H and O–H groups in total. The summed E-state index contributed by atoms with van der Waals surface area (Å²) in [6, 6.07) is 14.3. The molecule has 0 atom stereocenters. The van der Waals surface area contributed by atoms with Gasteiger partial charge in [0.05, 0.1) is 12.7 Å². The number of rotatable bonds is 1. The van der Waals surface area contributed by atoms with E-state index in [0.29, 0.717) is 10.6 Å². The van der Waals surface area contributed by atoms with Gasteiger partial charge in [0.1, 0.15) is 0 Å². The van der Waals surface area contributed by atoms with Gasteiger partial charge < -0.3 is 4.74 Å². The summed E-state index contributed by atoms with van der Waals surface area (Å²) < 4.78 is 4.63. The van der Waals surface area contributed by atoms with Crippen LogP contribution in [0.5, 0.6) is 0 Å². The maximum absolute atomic E-state index is 11.3. The van der Waals surface area contributed by atoms with Gasteiger partial charge in [-0.2, -0.15) is 0 Å². The standard InChI is InChI=1S/C16H11ClO2/c1-19-16(18)14-9-7-12(8-10-14)5-6-13-3-2-4-15(17)11-13/h2-4,7-11H,1H3. The Morgan fingerprint density at radius 1 is 1.05 bits per heavy atom. The number of ether oxygens (including phenoxy) is 1. The summed E-state index contributed by atoms with van der Waals surface area (Å²) in [5.41, 5.74) is 2.19. The molecule has 0 bridgehead atoms. The zero-order chi connectivity index (χ0) is 13.7. The second-order valence-corrected chi connectivity index (χ2v) is 4.27. The lowest BCUT2D eigenvalue weighted by atomic mass is 10.1. The van der Waals surface area contributed by atoms with Crippen LogP contribution in [0.2, 0.25) is 5.02 Å². The summed E-state index contributed by atoms with van der Waals surface area (Å²) in [7, 11) is 1.36. The van der Waals surface area contributed by atoms with Gasteiger partial charge in [0.15, 0.2) is 0 Å². The van der Waals surface area contributed by atoms with Crippen molar-refractivity contribution in [1.29, 1.82) is 0 Å². The lowest BCUT2D eigenvalue weighted by Crippen LogP contribution is -2.00. The van der Waals surface area contributed by atoms with Crippen LogP contribution >= 0.6 is 11.6 Å². The minimum Gasteiger partial charge on any atom is -0.465 e. The van der Waals surface area contributed by atoms with Crippen molar-refractivity contribution in [3.8, 4) is 11.8 Å². The van der Waals surface area contributed by atoms with Gasteiger partial charge in [-0.15, -0.1) is 0 Å². The zero-order valence-electron chi connectivity index (χ0n) is 10.3. The number of benzene rings is 2. The average Bonchev–Trinajstić information content (AvgIpc) is 2.45. The Balaban J connectivity index is 2.19. The van der Waals surface area contributed by atoms with E-state index in [1.807, 2.05) is 12.1 Å². The van der Waals surface area contributed by atoms with E-state index in [0.717, 1.165) is 11.1 Å². The van der Waals surface area contributed by atoms with Crippen LogP contribution in [-0.2, 0) is 4.74 Å². The highest BCUT2D eigenvalue weighted by Gasteiger charge is 2.02. The zero-order valence-corrected chi connectivity index (χ0v) is 11.1. The monoisotopic (exact) mass is 270 g/mol. The van der Waals surface area contributed by atoms with Crippen molar-refractivity contribution in [2.75, 3.05) is 7.11 Å². The van der Waals surface area contributed by atoms with E-state index in [9.17, 15) is 4.79 Å². The van der Waals surface area contributed by atoms with Gasteiger partial charge in [-0.05, 0) is 42.5 Å². The van der Waals surface area contributed by atoms with Crippen LogP contribution in [0.4, 0.5) is 0 Å². The largest absolute Gasteiger partial charge is 0.465 e. The molecule has 19 heavy (non-hydrogen) atoms. The highest BCUT2D eigenvalue weighted by molar-refractivity contribution is 6.30. The molecular formula is C16H11ClO2. The summed E-state index contributed by atoms with van der Waals surface area (Å²) in [6.45, 7) is 0. The topological polar surface area (TPSA) is 26.3 Å². The second-order valence-electron chi connectivity index (χ2n) is 3.83. The summed E-state index contributed by atoms with van der Waals surface area (Å²) in [4.78, 5) is 11.3. The van der Waals surface area contributed by atoms with Crippen molar-refractivity contribution in [2.24, 2.45) is 0 Å². The van der Waals surface area contributed by atoms with E-state index < -0.39 is 0 Å². The van der Waals surface area contributed by atoms with Crippen molar-refractivity contribution in [1.82, 2.24) is 0 Å². The number of hydrogen-bond acceptors (Lipinski definition) is 2. The quantitative estimate of drug-likeness (QED) is 0.585. The molecular weight excluding hydrogens is 260 g/mol. The molecule has 2 rings (SSSR count). The van der Waals surface area contributed by atoms with Gasteiger partial charge in [0.2, 0.25) is 0 Å². The first-order valence-electron chi connectivity index (χ1n) is 5.65. The number of halogens is 1. The average molecular weight is 271 g/mol.